The molecule has 0 saturated carbocycles. The van der Waals surface area contributed by atoms with Crippen LogP contribution in [0.4, 0.5) is 4.39 Å². The fourth-order valence-electron chi connectivity index (χ4n) is 2.76. The minimum Gasteiger partial charge on any atom is -0.478 e. The van der Waals surface area contributed by atoms with E-state index in [0.717, 1.165) is 10.8 Å². The summed E-state index contributed by atoms with van der Waals surface area (Å²) in [6, 6.07) is 15.2. The van der Waals surface area contributed by atoms with Gasteiger partial charge in [-0.25, -0.2) is 9.18 Å². The van der Waals surface area contributed by atoms with Crippen molar-refractivity contribution in [1.82, 2.24) is 10.6 Å². The fraction of sp³-hybridized carbons (Fsp3) is 0.0952. The quantitative estimate of drug-likeness (QED) is 0.573. The molecule has 28 heavy (non-hydrogen) atoms. The monoisotopic (exact) mass is 380 g/mol. The predicted molar refractivity (Wildman–Crippen MR) is 102 cm³/mol. The molecule has 3 N–H and O–H groups in total. The highest BCUT2D eigenvalue weighted by atomic mass is 19.1. The molecule has 0 fully saturated rings. The maximum absolute atomic E-state index is 12.9. The first-order valence-corrected chi connectivity index (χ1v) is 8.54. The standard InChI is InChI=1S/C21H17FN2O4/c22-16-7-5-13(6-8-16)19(25)23-9-10-24-20(26)17-11-14-3-1-2-4-15(14)12-18(17)21(27)28/h1-8,11-12H,9-10H2,(H,23,25)(H,24,26)(H,27,28). The summed E-state index contributed by atoms with van der Waals surface area (Å²) < 4.78 is 12.9. The Kier molecular flexibility index (Phi) is 5.64. The Morgan fingerprint density at radius 2 is 1.32 bits per heavy atom. The molecule has 0 bridgehead atoms. The average molecular weight is 380 g/mol. The number of carboxylic acid groups (broad SMARTS) is 1. The number of aromatic carboxylic acids is 1. The lowest BCUT2D eigenvalue weighted by Crippen LogP contribution is -2.35. The Morgan fingerprint density at radius 3 is 1.89 bits per heavy atom. The molecule has 0 unspecified atom stereocenters. The van der Waals surface area contributed by atoms with Crippen LogP contribution in [0.1, 0.15) is 31.1 Å². The molecule has 0 atom stereocenters. The molecule has 3 rings (SSSR count). The Hall–Kier alpha value is -3.74. The molecule has 0 aliphatic heterocycles. The van der Waals surface area contributed by atoms with Gasteiger partial charge in [0.25, 0.3) is 11.8 Å². The van der Waals surface area contributed by atoms with Gasteiger partial charge in [-0.3, -0.25) is 9.59 Å². The number of benzene rings is 3. The van der Waals surface area contributed by atoms with E-state index >= 15 is 0 Å². The zero-order valence-corrected chi connectivity index (χ0v) is 14.7. The second-order valence-electron chi connectivity index (χ2n) is 6.07. The molecule has 0 aliphatic carbocycles. The summed E-state index contributed by atoms with van der Waals surface area (Å²) in [5.74, 6) is -2.57. The number of carbonyl (C=O) groups is 3. The van der Waals surface area contributed by atoms with Crippen LogP contribution in [0.5, 0.6) is 0 Å². The molecule has 142 valence electrons. The zero-order valence-electron chi connectivity index (χ0n) is 14.7. The van der Waals surface area contributed by atoms with E-state index in [9.17, 15) is 23.9 Å². The number of fused-ring (bicyclic) bond motifs is 1. The first-order chi connectivity index (χ1) is 13.5. The summed E-state index contributed by atoms with van der Waals surface area (Å²) in [5.41, 5.74) is 0.262. The largest absolute Gasteiger partial charge is 0.478 e. The molecule has 0 aromatic heterocycles. The molecular formula is C21H17FN2O4. The van der Waals surface area contributed by atoms with Gasteiger partial charge in [-0.1, -0.05) is 24.3 Å². The third-order valence-corrected chi connectivity index (χ3v) is 4.16. The predicted octanol–water partition coefficient (Wildman–Crippen LogP) is 2.84. The average Bonchev–Trinajstić information content (AvgIpc) is 2.70. The van der Waals surface area contributed by atoms with Crippen LogP contribution in [0.25, 0.3) is 10.8 Å². The number of amides is 2. The van der Waals surface area contributed by atoms with Gasteiger partial charge in [-0.15, -0.1) is 0 Å². The van der Waals surface area contributed by atoms with Crippen LogP contribution < -0.4 is 10.6 Å². The molecule has 0 spiro atoms. The van der Waals surface area contributed by atoms with E-state index in [-0.39, 0.29) is 24.2 Å². The molecule has 0 radical (unpaired) electrons. The van der Waals surface area contributed by atoms with E-state index in [1.807, 2.05) is 0 Å². The second kappa shape index (κ2) is 8.30. The van der Waals surface area contributed by atoms with E-state index < -0.39 is 23.6 Å². The van der Waals surface area contributed by atoms with Crippen molar-refractivity contribution in [2.45, 2.75) is 0 Å². The van der Waals surface area contributed by atoms with Gasteiger partial charge in [0.05, 0.1) is 11.1 Å². The molecule has 3 aromatic carbocycles. The van der Waals surface area contributed by atoms with Gasteiger partial charge < -0.3 is 15.7 Å². The molecular weight excluding hydrogens is 363 g/mol. The zero-order chi connectivity index (χ0) is 20.1. The molecule has 7 heteroatoms. The van der Waals surface area contributed by atoms with Gasteiger partial charge in [-0.05, 0) is 47.2 Å². The van der Waals surface area contributed by atoms with Crippen LogP contribution in [-0.2, 0) is 0 Å². The smallest absolute Gasteiger partial charge is 0.336 e. The molecule has 0 saturated heterocycles. The minimum absolute atomic E-state index is 0.0519. The Labute approximate surface area is 160 Å². The number of rotatable bonds is 6. The van der Waals surface area contributed by atoms with Crippen LogP contribution in [-0.4, -0.2) is 36.0 Å². The molecule has 0 aliphatic rings. The van der Waals surface area contributed by atoms with Crippen molar-refractivity contribution >= 4 is 28.6 Å². The number of nitrogens with one attached hydrogen (secondary N) is 2. The van der Waals surface area contributed by atoms with Crippen molar-refractivity contribution in [3.63, 3.8) is 0 Å². The highest BCUT2D eigenvalue weighted by Crippen LogP contribution is 2.20. The molecule has 6 nitrogen and oxygen atoms in total. The molecule has 3 aromatic rings. The van der Waals surface area contributed by atoms with E-state index in [0.29, 0.717) is 5.56 Å². The highest BCUT2D eigenvalue weighted by Gasteiger charge is 2.17. The fourth-order valence-corrected chi connectivity index (χ4v) is 2.76. The second-order valence-corrected chi connectivity index (χ2v) is 6.07. The summed E-state index contributed by atoms with van der Waals surface area (Å²) >= 11 is 0. The topological polar surface area (TPSA) is 95.5 Å². The lowest BCUT2D eigenvalue weighted by Gasteiger charge is -2.10. The maximum atomic E-state index is 12.9. The summed E-state index contributed by atoms with van der Waals surface area (Å²) in [7, 11) is 0. The van der Waals surface area contributed by atoms with Crippen LogP contribution in [0, 0.1) is 5.82 Å². The Balaban J connectivity index is 1.63. The van der Waals surface area contributed by atoms with Crippen molar-refractivity contribution in [1.29, 1.82) is 0 Å². The van der Waals surface area contributed by atoms with Gasteiger partial charge in [0.1, 0.15) is 5.82 Å². The van der Waals surface area contributed by atoms with Crippen molar-refractivity contribution in [3.05, 3.63) is 83.2 Å². The number of hydrogen-bond acceptors (Lipinski definition) is 3. The van der Waals surface area contributed by atoms with Crippen molar-refractivity contribution in [3.8, 4) is 0 Å². The summed E-state index contributed by atoms with van der Waals surface area (Å²) in [5, 5.41) is 16.1. The van der Waals surface area contributed by atoms with Gasteiger partial charge in [0, 0.05) is 18.7 Å². The van der Waals surface area contributed by atoms with E-state index in [1.165, 1.54) is 36.4 Å². The van der Waals surface area contributed by atoms with E-state index in [4.69, 9.17) is 0 Å². The van der Waals surface area contributed by atoms with Crippen LogP contribution in [0.15, 0.2) is 60.7 Å². The Morgan fingerprint density at radius 1 is 0.786 bits per heavy atom. The lowest BCUT2D eigenvalue weighted by atomic mass is 10.0. The normalized spacial score (nSPS) is 10.5. The summed E-state index contributed by atoms with van der Waals surface area (Å²) in [6.07, 6.45) is 0. The van der Waals surface area contributed by atoms with Crippen LogP contribution >= 0.6 is 0 Å². The minimum atomic E-state index is -1.19. The summed E-state index contributed by atoms with van der Waals surface area (Å²) in [4.78, 5) is 35.9. The van der Waals surface area contributed by atoms with E-state index in [2.05, 4.69) is 10.6 Å². The van der Waals surface area contributed by atoms with Crippen molar-refractivity contribution in [2.24, 2.45) is 0 Å². The lowest BCUT2D eigenvalue weighted by molar-refractivity contribution is 0.0691. The van der Waals surface area contributed by atoms with Crippen LogP contribution in [0.2, 0.25) is 0 Å². The van der Waals surface area contributed by atoms with Crippen molar-refractivity contribution < 1.29 is 23.9 Å². The number of halogens is 1. The van der Waals surface area contributed by atoms with Gasteiger partial charge in [0.15, 0.2) is 0 Å². The number of hydrogen-bond donors (Lipinski definition) is 3. The SMILES string of the molecule is O=C(NCCNC(=O)c1cc2ccccc2cc1C(=O)O)c1ccc(F)cc1. The van der Waals surface area contributed by atoms with Gasteiger partial charge in [0.2, 0.25) is 0 Å². The van der Waals surface area contributed by atoms with Crippen LogP contribution in [0.3, 0.4) is 0 Å². The van der Waals surface area contributed by atoms with Gasteiger partial charge in [-0.2, -0.15) is 0 Å². The highest BCUT2D eigenvalue weighted by molar-refractivity contribution is 6.08. The molecule has 2 amide bonds. The van der Waals surface area contributed by atoms with Gasteiger partial charge >= 0.3 is 5.97 Å². The number of carbonyl (C=O) groups excluding carboxylic acids is 2. The third-order valence-electron chi connectivity index (χ3n) is 4.16. The maximum Gasteiger partial charge on any atom is 0.336 e. The van der Waals surface area contributed by atoms with Crippen molar-refractivity contribution in [2.75, 3.05) is 13.1 Å². The molecule has 0 heterocycles. The summed E-state index contributed by atoms with van der Waals surface area (Å²) in [6.45, 7) is 0.246. The third kappa shape index (κ3) is 4.32. The first-order valence-electron chi connectivity index (χ1n) is 8.54. The number of carboxylic acids is 1. The Bertz CT molecular complexity index is 1050. The van der Waals surface area contributed by atoms with E-state index in [1.54, 1.807) is 24.3 Å². The first kappa shape index (κ1) is 19.0.